The van der Waals surface area contributed by atoms with Crippen LogP contribution in [0.4, 0.5) is 0 Å². The Hall–Kier alpha value is -2.17. The van der Waals surface area contributed by atoms with Crippen molar-refractivity contribution < 1.29 is 19.1 Å². The van der Waals surface area contributed by atoms with Crippen LogP contribution in [0.5, 0.6) is 0 Å². The predicted molar refractivity (Wildman–Crippen MR) is 81.1 cm³/mol. The fourth-order valence-electron chi connectivity index (χ4n) is 2.66. The Labute approximate surface area is 130 Å². The summed E-state index contributed by atoms with van der Waals surface area (Å²) in [5.41, 5.74) is 0.392. The fraction of sp³-hybridized carbons (Fsp3) is 0.471. The van der Waals surface area contributed by atoms with Gasteiger partial charge in [-0.05, 0) is 24.5 Å². The number of carbonyl (C=O) groups excluding carboxylic acids is 3. The van der Waals surface area contributed by atoms with Crippen molar-refractivity contribution in [3.05, 3.63) is 35.9 Å². The van der Waals surface area contributed by atoms with Gasteiger partial charge in [-0.15, -0.1) is 0 Å². The molecule has 1 aromatic carbocycles. The lowest BCUT2D eigenvalue weighted by Crippen LogP contribution is -2.34. The summed E-state index contributed by atoms with van der Waals surface area (Å²) < 4.78 is 4.90. The zero-order valence-electron chi connectivity index (χ0n) is 12.5. The van der Waals surface area contributed by atoms with E-state index in [1.54, 1.807) is 30.3 Å². The van der Waals surface area contributed by atoms with Crippen molar-refractivity contribution in [2.24, 2.45) is 5.92 Å². The summed E-state index contributed by atoms with van der Waals surface area (Å²) in [5.74, 6) is -0.870. The molecule has 1 N–H and O–H groups in total. The van der Waals surface area contributed by atoms with Crippen LogP contribution in [0.2, 0.25) is 0 Å². The van der Waals surface area contributed by atoms with Crippen molar-refractivity contribution in [3.8, 4) is 0 Å². The Kier molecular flexibility index (Phi) is 6.13. The van der Waals surface area contributed by atoms with Gasteiger partial charge < -0.3 is 4.74 Å². The number of ether oxygens (including phenoxy) is 1. The third-order valence-corrected chi connectivity index (χ3v) is 3.88. The molecule has 22 heavy (non-hydrogen) atoms. The molecule has 1 aliphatic rings. The molecule has 0 saturated heterocycles. The van der Waals surface area contributed by atoms with E-state index in [0.717, 1.165) is 6.42 Å². The van der Waals surface area contributed by atoms with E-state index >= 15 is 0 Å². The van der Waals surface area contributed by atoms with Gasteiger partial charge in [-0.25, -0.2) is 0 Å². The van der Waals surface area contributed by atoms with Crippen LogP contribution in [0.25, 0.3) is 0 Å². The number of hydrogen-bond acceptors (Lipinski definition) is 4. The number of benzene rings is 1. The van der Waals surface area contributed by atoms with Gasteiger partial charge in [0, 0.05) is 12.0 Å². The lowest BCUT2D eigenvalue weighted by Gasteiger charge is -2.08. The minimum absolute atomic E-state index is 0.338. The summed E-state index contributed by atoms with van der Waals surface area (Å²) in [7, 11) is 0. The van der Waals surface area contributed by atoms with E-state index in [4.69, 9.17) is 4.74 Å². The maximum Gasteiger partial charge on any atom is 0.306 e. The molecule has 1 saturated carbocycles. The Morgan fingerprint density at radius 2 is 1.77 bits per heavy atom. The van der Waals surface area contributed by atoms with Crippen molar-refractivity contribution in [3.63, 3.8) is 0 Å². The van der Waals surface area contributed by atoms with Crippen molar-refractivity contribution in [2.75, 3.05) is 6.61 Å². The monoisotopic (exact) mass is 303 g/mol. The van der Waals surface area contributed by atoms with Crippen LogP contribution in [-0.4, -0.2) is 24.4 Å². The second-order valence-corrected chi connectivity index (χ2v) is 5.59. The average molecular weight is 303 g/mol. The number of esters is 1. The highest BCUT2D eigenvalue weighted by Gasteiger charge is 2.17. The van der Waals surface area contributed by atoms with Crippen LogP contribution in [0.1, 0.15) is 48.9 Å². The highest BCUT2D eigenvalue weighted by molar-refractivity contribution is 6.05. The third-order valence-electron chi connectivity index (χ3n) is 3.88. The minimum Gasteiger partial charge on any atom is -0.456 e. The Morgan fingerprint density at radius 3 is 2.45 bits per heavy atom. The van der Waals surface area contributed by atoms with E-state index in [0.29, 0.717) is 17.9 Å². The summed E-state index contributed by atoms with van der Waals surface area (Å²) in [6.45, 7) is -0.415. The largest absolute Gasteiger partial charge is 0.456 e. The number of nitrogens with one attached hydrogen (secondary N) is 1. The zero-order valence-corrected chi connectivity index (χ0v) is 12.5. The summed E-state index contributed by atoms with van der Waals surface area (Å²) in [4.78, 5) is 34.9. The van der Waals surface area contributed by atoms with Crippen LogP contribution in [0.3, 0.4) is 0 Å². The van der Waals surface area contributed by atoms with Gasteiger partial charge in [-0.1, -0.05) is 43.9 Å². The number of hydrogen-bond donors (Lipinski definition) is 1. The molecule has 0 aromatic heterocycles. The van der Waals surface area contributed by atoms with Gasteiger partial charge in [0.2, 0.25) is 0 Å². The third kappa shape index (κ3) is 5.31. The first-order valence-corrected chi connectivity index (χ1v) is 7.70. The van der Waals surface area contributed by atoms with E-state index in [2.05, 4.69) is 5.32 Å². The highest BCUT2D eigenvalue weighted by atomic mass is 16.5. The summed E-state index contributed by atoms with van der Waals surface area (Å²) in [6.07, 6.45) is 6.00. The second-order valence-electron chi connectivity index (χ2n) is 5.59. The molecule has 1 aromatic rings. The fourth-order valence-corrected chi connectivity index (χ4v) is 2.66. The SMILES string of the molecule is O=C(COC(=O)CCC1CCCC1)NC(=O)c1ccccc1. The maximum atomic E-state index is 11.7. The lowest BCUT2D eigenvalue weighted by molar-refractivity contribution is -0.148. The van der Waals surface area contributed by atoms with E-state index in [1.165, 1.54) is 25.7 Å². The van der Waals surface area contributed by atoms with Crippen molar-refractivity contribution in [1.29, 1.82) is 0 Å². The first kappa shape index (κ1) is 16.2. The Balaban J connectivity index is 1.64. The molecular weight excluding hydrogens is 282 g/mol. The predicted octanol–water partition coefficient (Wildman–Crippen LogP) is 2.46. The second kappa shape index (κ2) is 8.32. The molecule has 1 fully saturated rings. The van der Waals surface area contributed by atoms with Crippen molar-refractivity contribution in [2.45, 2.75) is 38.5 Å². The van der Waals surface area contributed by atoms with Crippen LogP contribution < -0.4 is 5.32 Å². The van der Waals surface area contributed by atoms with Gasteiger partial charge in [-0.2, -0.15) is 0 Å². The first-order chi connectivity index (χ1) is 10.6. The molecule has 5 heteroatoms. The molecule has 0 spiro atoms. The molecule has 0 aliphatic heterocycles. The van der Waals surface area contributed by atoms with Gasteiger partial charge in [-0.3, -0.25) is 19.7 Å². The van der Waals surface area contributed by atoms with E-state index in [-0.39, 0.29) is 5.97 Å². The molecule has 5 nitrogen and oxygen atoms in total. The number of imide groups is 1. The number of carbonyl (C=O) groups is 3. The molecule has 2 rings (SSSR count). The quantitative estimate of drug-likeness (QED) is 0.819. The maximum absolute atomic E-state index is 11.7. The van der Waals surface area contributed by atoms with E-state index in [9.17, 15) is 14.4 Å². The van der Waals surface area contributed by atoms with Gasteiger partial charge in [0.15, 0.2) is 6.61 Å². The molecular formula is C17H21NO4. The van der Waals surface area contributed by atoms with Gasteiger partial charge in [0.05, 0.1) is 0 Å². The molecule has 0 radical (unpaired) electrons. The first-order valence-electron chi connectivity index (χ1n) is 7.70. The normalized spacial score (nSPS) is 14.5. The van der Waals surface area contributed by atoms with Gasteiger partial charge >= 0.3 is 5.97 Å². The molecule has 118 valence electrons. The highest BCUT2D eigenvalue weighted by Crippen LogP contribution is 2.28. The van der Waals surface area contributed by atoms with Crippen LogP contribution in [-0.2, 0) is 14.3 Å². The molecule has 0 atom stereocenters. The Bertz CT molecular complexity index is 521. The van der Waals surface area contributed by atoms with Gasteiger partial charge in [0.1, 0.15) is 0 Å². The van der Waals surface area contributed by atoms with Crippen LogP contribution >= 0.6 is 0 Å². The summed E-state index contributed by atoms with van der Waals surface area (Å²) in [5, 5.41) is 2.19. The summed E-state index contributed by atoms with van der Waals surface area (Å²) in [6, 6.07) is 8.42. The minimum atomic E-state index is -0.608. The van der Waals surface area contributed by atoms with Gasteiger partial charge in [0.25, 0.3) is 11.8 Å². The van der Waals surface area contributed by atoms with Crippen LogP contribution in [0.15, 0.2) is 30.3 Å². The lowest BCUT2D eigenvalue weighted by atomic mass is 10.0. The Morgan fingerprint density at radius 1 is 1.09 bits per heavy atom. The van der Waals surface area contributed by atoms with E-state index < -0.39 is 18.4 Å². The zero-order chi connectivity index (χ0) is 15.8. The van der Waals surface area contributed by atoms with E-state index in [1.807, 2.05) is 0 Å². The molecule has 2 amide bonds. The number of rotatable bonds is 6. The standard InChI is InChI=1S/C17H21NO4/c19-15(18-17(21)14-8-2-1-3-9-14)12-22-16(20)11-10-13-6-4-5-7-13/h1-3,8-9,13H,4-7,10-12H2,(H,18,19,21). The molecule has 0 heterocycles. The molecule has 1 aliphatic carbocycles. The topological polar surface area (TPSA) is 72.5 Å². The van der Waals surface area contributed by atoms with Crippen molar-refractivity contribution in [1.82, 2.24) is 5.32 Å². The molecule has 0 unspecified atom stereocenters. The average Bonchev–Trinajstić information content (AvgIpc) is 3.05. The number of amides is 2. The smallest absolute Gasteiger partial charge is 0.306 e. The molecule has 0 bridgehead atoms. The summed E-state index contributed by atoms with van der Waals surface area (Å²) >= 11 is 0. The van der Waals surface area contributed by atoms with Crippen molar-refractivity contribution >= 4 is 17.8 Å². The van der Waals surface area contributed by atoms with Crippen LogP contribution in [0, 0.1) is 5.92 Å².